The molecule has 99 valence electrons. The number of rotatable bonds is 11. The first-order valence-electron chi connectivity index (χ1n) is 6.62. The molecule has 0 aliphatic heterocycles. The van der Waals surface area contributed by atoms with Crippen molar-refractivity contribution in [3.63, 3.8) is 0 Å². The number of aliphatic hydroxyl groups excluding tert-OH is 1. The molecule has 0 aliphatic rings. The highest BCUT2D eigenvalue weighted by molar-refractivity contribution is 5.78. The van der Waals surface area contributed by atoms with Crippen LogP contribution in [0.15, 0.2) is 12.2 Å². The number of primary amides is 1. The summed E-state index contributed by atoms with van der Waals surface area (Å²) in [7, 11) is 0. The van der Waals surface area contributed by atoms with Gasteiger partial charge in [0.05, 0.1) is 0 Å². The number of hydrogen-bond donors (Lipinski definition) is 2. The summed E-state index contributed by atoms with van der Waals surface area (Å²) in [5.41, 5.74) is 4.94. The van der Waals surface area contributed by atoms with Gasteiger partial charge >= 0.3 is 0 Å². The Morgan fingerprint density at radius 2 is 2.00 bits per heavy atom. The monoisotopic (exact) mass is 240 g/mol. The minimum absolute atomic E-state index is 0.419. The minimum Gasteiger partial charge on any atom is -0.383 e. The van der Waals surface area contributed by atoms with Crippen molar-refractivity contribution in [3.8, 4) is 0 Å². The van der Waals surface area contributed by atoms with Gasteiger partial charge < -0.3 is 10.8 Å². The SMILES string of the molecule is CCCCCC[CH]C/C=C/CC[C@@H](O)C(N)=O. The van der Waals surface area contributed by atoms with Gasteiger partial charge in [0, 0.05) is 0 Å². The number of carbonyl (C=O) groups is 1. The van der Waals surface area contributed by atoms with Crippen LogP contribution >= 0.6 is 0 Å². The Morgan fingerprint density at radius 1 is 1.24 bits per heavy atom. The van der Waals surface area contributed by atoms with E-state index in [1.165, 1.54) is 32.1 Å². The lowest BCUT2D eigenvalue weighted by Gasteiger charge is -2.02. The van der Waals surface area contributed by atoms with Crippen molar-refractivity contribution in [2.75, 3.05) is 0 Å². The van der Waals surface area contributed by atoms with Crippen LogP contribution in [0.5, 0.6) is 0 Å². The molecule has 0 fully saturated rings. The largest absolute Gasteiger partial charge is 0.383 e. The van der Waals surface area contributed by atoms with Crippen molar-refractivity contribution in [2.45, 2.75) is 64.4 Å². The molecule has 0 aliphatic carbocycles. The zero-order chi connectivity index (χ0) is 12.9. The predicted molar refractivity (Wildman–Crippen MR) is 71.3 cm³/mol. The molecule has 0 bridgehead atoms. The second-order valence-electron chi connectivity index (χ2n) is 4.34. The highest BCUT2D eigenvalue weighted by atomic mass is 16.3. The third-order valence-corrected chi connectivity index (χ3v) is 2.67. The highest BCUT2D eigenvalue weighted by Crippen LogP contribution is 2.07. The Hall–Kier alpha value is -0.830. The van der Waals surface area contributed by atoms with Gasteiger partial charge in [0.15, 0.2) is 0 Å². The molecule has 1 atom stereocenters. The molecule has 1 radical (unpaired) electrons. The summed E-state index contributed by atoms with van der Waals surface area (Å²) in [6.45, 7) is 2.22. The van der Waals surface area contributed by atoms with Crippen molar-refractivity contribution >= 4 is 5.91 Å². The quantitative estimate of drug-likeness (QED) is 0.431. The summed E-state index contributed by atoms with van der Waals surface area (Å²) >= 11 is 0. The lowest BCUT2D eigenvalue weighted by molar-refractivity contribution is -0.126. The fourth-order valence-corrected chi connectivity index (χ4v) is 1.54. The molecule has 0 heterocycles. The minimum atomic E-state index is -1.00. The summed E-state index contributed by atoms with van der Waals surface area (Å²) in [6.07, 6.45) is 13.8. The number of unbranched alkanes of at least 4 members (excludes halogenated alkanes) is 6. The van der Waals surface area contributed by atoms with E-state index in [4.69, 9.17) is 10.8 Å². The van der Waals surface area contributed by atoms with E-state index in [0.717, 1.165) is 6.42 Å². The van der Waals surface area contributed by atoms with Gasteiger partial charge in [0.1, 0.15) is 6.10 Å². The molecule has 0 aromatic carbocycles. The molecule has 3 nitrogen and oxygen atoms in total. The van der Waals surface area contributed by atoms with E-state index in [1.54, 1.807) is 0 Å². The molecule has 3 heteroatoms. The molecular weight excluding hydrogens is 214 g/mol. The van der Waals surface area contributed by atoms with Crippen LogP contribution in [0.1, 0.15) is 58.3 Å². The maximum absolute atomic E-state index is 10.5. The van der Waals surface area contributed by atoms with Gasteiger partial charge in [0.25, 0.3) is 0 Å². The first-order valence-corrected chi connectivity index (χ1v) is 6.62. The number of allylic oxidation sites excluding steroid dienone is 2. The van der Waals surface area contributed by atoms with Crippen LogP contribution in [0.3, 0.4) is 0 Å². The fraction of sp³-hybridized carbons (Fsp3) is 0.714. The molecule has 0 aromatic rings. The van der Waals surface area contributed by atoms with Gasteiger partial charge in [-0.15, -0.1) is 0 Å². The standard InChI is InChI=1S/C14H26NO2/c1-2-3-4-5-6-7-8-9-10-11-12-13(16)14(15)17/h7,9-10,13,16H,2-6,8,11-12H2,1H3,(H2,15,17)/b10-9+/t13-/m1/s1. The van der Waals surface area contributed by atoms with Crippen LogP contribution in [0.4, 0.5) is 0 Å². The number of aliphatic hydroxyl groups is 1. The second kappa shape index (κ2) is 11.6. The predicted octanol–water partition coefficient (Wildman–Crippen LogP) is 2.73. The van der Waals surface area contributed by atoms with Gasteiger partial charge in [0.2, 0.25) is 5.91 Å². The van der Waals surface area contributed by atoms with E-state index < -0.39 is 12.0 Å². The van der Waals surface area contributed by atoms with Gasteiger partial charge in [-0.2, -0.15) is 0 Å². The van der Waals surface area contributed by atoms with Crippen LogP contribution in [0.2, 0.25) is 0 Å². The normalized spacial score (nSPS) is 13.1. The molecule has 0 aromatic heterocycles. The van der Waals surface area contributed by atoms with Gasteiger partial charge in [-0.3, -0.25) is 4.79 Å². The number of carbonyl (C=O) groups excluding carboxylic acids is 1. The Morgan fingerprint density at radius 3 is 2.65 bits per heavy atom. The first kappa shape index (κ1) is 16.2. The zero-order valence-electron chi connectivity index (χ0n) is 10.9. The lowest BCUT2D eigenvalue weighted by Crippen LogP contribution is -2.27. The Balaban J connectivity index is 3.23. The maximum atomic E-state index is 10.5. The Bertz CT molecular complexity index is 214. The van der Waals surface area contributed by atoms with E-state index in [2.05, 4.69) is 19.4 Å². The van der Waals surface area contributed by atoms with Gasteiger partial charge in [-0.1, -0.05) is 44.8 Å². The molecule has 17 heavy (non-hydrogen) atoms. The first-order chi connectivity index (χ1) is 8.18. The van der Waals surface area contributed by atoms with E-state index in [1.807, 2.05) is 6.08 Å². The molecule has 0 spiro atoms. The molecule has 0 saturated carbocycles. The van der Waals surface area contributed by atoms with E-state index in [-0.39, 0.29) is 0 Å². The molecule has 0 unspecified atom stereocenters. The third-order valence-electron chi connectivity index (χ3n) is 2.67. The number of amides is 1. The van der Waals surface area contributed by atoms with E-state index in [0.29, 0.717) is 12.8 Å². The van der Waals surface area contributed by atoms with E-state index in [9.17, 15) is 4.79 Å². The average molecular weight is 240 g/mol. The summed E-state index contributed by atoms with van der Waals surface area (Å²) in [4.78, 5) is 10.5. The molecule has 0 rings (SSSR count). The Kier molecular flexibility index (Phi) is 11.1. The van der Waals surface area contributed by atoms with Crippen molar-refractivity contribution < 1.29 is 9.90 Å². The fourth-order valence-electron chi connectivity index (χ4n) is 1.54. The Labute approximate surface area is 105 Å². The van der Waals surface area contributed by atoms with Crippen molar-refractivity contribution in [2.24, 2.45) is 5.73 Å². The number of nitrogens with two attached hydrogens (primary N) is 1. The average Bonchev–Trinajstić information content (AvgIpc) is 2.31. The smallest absolute Gasteiger partial charge is 0.246 e. The van der Waals surface area contributed by atoms with Crippen LogP contribution < -0.4 is 5.73 Å². The summed E-state index contributed by atoms with van der Waals surface area (Å²) in [6, 6.07) is 0. The molecule has 1 amide bonds. The molecule has 3 N–H and O–H groups in total. The van der Waals surface area contributed by atoms with E-state index >= 15 is 0 Å². The van der Waals surface area contributed by atoms with Crippen LogP contribution in [-0.4, -0.2) is 17.1 Å². The van der Waals surface area contributed by atoms with Crippen LogP contribution in [-0.2, 0) is 4.79 Å². The zero-order valence-corrected chi connectivity index (χ0v) is 10.9. The lowest BCUT2D eigenvalue weighted by atomic mass is 10.1. The van der Waals surface area contributed by atoms with Crippen molar-refractivity contribution in [1.82, 2.24) is 0 Å². The van der Waals surface area contributed by atoms with Crippen LogP contribution in [0.25, 0.3) is 0 Å². The molecule has 0 saturated heterocycles. The third kappa shape index (κ3) is 11.4. The van der Waals surface area contributed by atoms with Crippen molar-refractivity contribution in [1.29, 1.82) is 0 Å². The second-order valence-corrected chi connectivity index (χ2v) is 4.34. The summed E-state index contributed by atoms with van der Waals surface area (Å²) < 4.78 is 0. The topological polar surface area (TPSA) is 63.3 Å². The van der Waals surface area contributed by atoms with Crippen molar-refractivity contribution in [3.05, 3.63) is 18.6 Å². The maximum Gasteiger partial charge on any atom is 0.246 e. The summed E-state index contributed by atoms with van der Waals surface area (Å²) in [5.74, 6) is -0.638. The highest BCUT2D eigenvalue weighted by Gasteiger charge is 2.07. The summed E-state index contributed by atoms with van der Waals surface area (Å²) in [5, 5.41) is 9.13. The van der Waals surface area contributed by atoms with Crippen LogP contribution in [0, 0.1) is 6.42 Å². The van der Waals surface area contributed by atoms with Gasteiger partial charge in [-0.05, 0) is 32.1 Å². The van der Waals surface area contributed by atoms with Gasteiger partial charge in [-0.25, -0.2) is 0 Å². The molecular formula is C14H26NO2. The number of hydrogen-bond acceptors (Lipinski definition) is 2.